The highest BCUT2D eigenvalue weighted by molar-refractivity contribution is 7.07. The lowest BCUT2D eigenvalue weighted by Crippen LogP contribution is -2.38. The first-order valence-electron chi connectivity index (χ1n) is 6.23. The van der Waals surface area contributed by atoms with Crippen molar-refractivity contribution in [2.75, 3.05) is 13.1 Å². The summed E-state index contributed by atoms with van der Waals surface area (Å²) in [6.45, 7) is 1.67. The van der Waals surface area contributed by atoms with Gasteiger partial charge in [0.25, 0.3) is 5.91 Å². The zero-order chi connectivity index (χ0) is 12.4. The number of hydrogen-bond donors (Lipinski definition) is 0. The first kappa shape index (κ1) is 11.5. The average molecular weight is 257 g/mol. The highest BCUT2D eigenvalue weighted by Crippen LogP contribution is 2.19. The third-order valence-electron chi connectivity index (χ3n) is 3.44. The van der Waals surface area contributed by atoms with Crippen LogP contribution in [0.25, 0.3) is 0 Å². The van der Waals surface area contributed by atoms with E-state index in [9.17, 15) is 4.79 Å². The lowest BCUT2D eigenvalue weighted by atomic mass is 9.99. The van der Waals surface area contributed by atoms with Crippen LogP contribution in [-0.4, -0.2) is 23.9 Å². The zero-order valence-electron chi connectivity index (χ0n) is 10.1. The van der Waals surface area contributed by atoms with Gasteiger partial charge in [0.1, 0.15) is 0 Å². The van der Waals surface area contributed by atoms with Crippen LogP contribution in [0.5, 0.6) is 0 Å². The van der Waals surface area contributed by atoms with Gasteiger partial charge in [-0.25, -0.2) is 0 Å². The van der Waals surface area contributed by atoms with Crippen LogP contribution in [-0.2, 0) is 12.8 Å². The SMILES string of the molecule is O=C1c2ccccc2CCN1CCc1ccsc1. The molecule has 0 atom stereocenters. The number of fused-ring (bicyclic) bond motifs is 1. The fourth-order valence-corrected chi connectivity index (χ4v) is 3.09. The first-order valence-corrected chi connectivity index (χ1v) is 7.17. The van der Waals surface area contributed by atoms with Gasteiger partial charge < -0.3 is 4.90 Å². The molecule has 3 rings (SSSR count). The van der Waals surface area contributed by atoms with Crippen LogP contribution in [0.1, 0.15) is 21.5 Å². The van der Waals surface area contributed by atoms with Gasteiger partial charge >= 0.3 is 0 Å². The second-order valence-corrected chi connectivity index (χ2v) is 5.36. The van der Waals surface area contributed by atoms with Gasteiger partial charge in [-0.05, 0) is 46.9 Å². The molecule has 1 amide bonds. The molecule has 1 aliphatic rings. The Morgan fingerprint density at radius 2 is 2.11 bits per heavy atom. The summed E-state index contributed by atoms with van der Waals surface area (Å²) in [6.07, 6.45) is 1.93. The van der Waals surface area contributed by atoms with Crippen molar-refractivity contribution < 1.29 is 4.79 Å². The van der Waals surface area contributed by atoms with E-state index in [0.717, 1.165) is 31.5 Å². The number of nitrogens with zero attached hydrogens (tertiary/aromatic N) is 1. The molecule has 0 spiro atoms. The molecule has 0 fully saturated rings. The third kappa shape index (κ3) is 2.18. The summed E-state index contributed by atoms with van der Waals surface area (Å²) in [7, 11) is 0. The first-order chi connectivity index (χ1) is 8.84. The number of benzene rings is 1. The van der Waals surface area contributed by atoms with E-state index in [2.05, 4.69) is 22.9 Å². The number of carbonyl (C=O) groups is 1. The second kappa shape index (κ2) is 4.94. The smallest absolute Gasteiger partial charge is 0.254 e. The van der Waals surface area contributed by atoms with E-state index in [1.54, 1.807) is 11.3 Å². The van der Waals surface area contributed by atoms with Crippen molar-refractivity contribution in [1.29, 1.82) is 0 Å². The normalized spacial score (nSPS) is 14.7. The molecule has 2 aromatic rings. The third-order valence-corrected chi connectivity index (χ3v) is 4.17. The predicted molar refractivity (Wildman–Crippen MR) is 74.1 cm³/mol. The van der Waals surface area contributed by atoms with Crippen LogP contribution in [0.4, 0.5) is 0 Å². The summed E-state index contributed by atoms with van der Waals surface area (Å²) in [4.78, 5) is 14.3. The van der Waals surface area contributed by atoms with Crippen LogP contribution >= 0.6 is 11.3 Å². The Balaban J connectivity index is 1.71. The molecule has 1 aromatic heterocycles. The molecule has 18 heavy (non-hydrogen) atoms. The Kier molecular flexibility index (Phi) is 3.15. The summed E-state index contributed by atoms with van der Waals surface area (Å²) < 4.78 is 0. The van der Waals surface area contributed by atoms with Crippen LogP contribution < -0.4 is 0 Å². The summed E-state index contributed by atoms with van der Waals surface area (Å²) >= 11 is 1.71. The molecule has 0 unspecified atom stereocenters. The maximum absolute atomic E-state index is 12.3. The van der Waals surface area contributed by atoms with Crippen molar-refractivity contribution in [1.82, 2.24) is 4.90 Å². The minimum absolute atomic E-state index is 0.187. The number of rotatable bonds is 3. The summed E-state index contributed by atoms with van der Waals surface area (Å²) in [5.74, 6) is 0.187. The topological polar surface area (TPSA) is 20.3 Å². The lowest BCUT2D eigenvalue weighted by Gasteiger charge is -2.28. The fourth-order valence-electron chi connectivity index (χ4n) is 2.39. The number of thiophene rings is 1. The monoisotopic (exact) mass is 257 g/mol. The zero-order valence-corrected chi connectivity index (χ0v) is 11.0. The summed E-state index contributed by atoms with van der Waals surface area (Å²) in [6, 6.07) is 10.1. The van der Waals surface area contributed by atoms with Crippen LogP contribution in [0.2, 0.25) is 0 Å². The molecule has 0 bridgehead atoms. The minimum Gasteiger partial charge on any atom is -0.338 e. The molecule has 1 aliphatic heterocycles. The Morgan fingerprint density at radius 3 is 2.94 bits per heavy atom. The maximum Gasteiger partial charge on any atom is 0.254 e. The molecular weight excluding hydrogens is 242 g/mol. The lowest BCUT2D eigenvalue weighted by molar-refractivity contribution is 0.0742. The minimum atomic E-state index is 0.187. The molecular formula is C15H15NOS. The average Bonchev–Trinajstić information content (AvgIpc) is 2.91. The molecule has 3 heteroatoms. The van der Waals surface area contributed by atoms with Gasteiger partial charge in [-0.15, -0.1) is 0 Å². The Morgan fingerprint density at radius 1 is 1.22 bits per heavy atom. The number of hydrogen-bond acceptors (Lipinski definition) is 2. The van der Waals surface area contributed by atoms with Gasteiger partial charge in [-0.3, -0.25) is 4.79 Å². The molecule has 0 saturated carbocycles. The molecule has 2 nitrogen and oxygen atoms in total. The van der Waals surface area contributed by atoms with Gasteiger partial charge in [0.2, 0.25) is 0 Å². The molecule has 0 N–H and O–H groups in total. The molecule has 92 valence electrons. The molecule has 1 aromatic carbocycles. The molecule has 0 aliphatic carbocycles. The summed E-state index contributed by atoms with van der Waals surface area (Å²) in [5.41, 5.74) is 3.40. The molecule has 0 radical (unpaired) electrons. The van der Waals surface area contributed by atoms with E-state index in [1.165, 1.54) is 11.1 Å². The van der Waals surface area contributed by atoms with E-state index < -0.39 is 0 Å². The summed E-state index contributed by atoms with van der Waals surface area (Å²) in [5, 5.41) is 4.24. The Hall–Kier alpha value is -1.61. The van der Waals surface area contributed by atoms with E-state index in [1.807, 2.05) is 23.1 Å². The number of carbonyl (C=O) groups excluding carboxylic acids is 1. The Bertz CT molecular complexity index is 547. The maximum atomic E-state index is 12.3. The van der Waals surface area contributed by atoms with Crippen molar-refractivity contribution in [3.63, 3.8) is 0 Å². The van der Waals surface area contributed by atoms with E-state index >= 15 is 0 Å². The van der Waals surface area contributed by atoms with Crippen LogP contribution in [0.15, 0.2) is 41.1 Å². The standard InChI is InChI=1S/C15H15NOS/c17-15-14-4-2-1-3-13(14)6-9-16(15)8-5-12-7-10-18-11-12/h1-4,7,10-11H,5-6,8-9H2. The highest BCUT2D eigenvalue weighted by atomic mass is 32.1. The quantitative estimate of drug-likeness (QED) is 0.827. The van der Waals surface area contributed by atoms with Crippen molar-refractivity contribution in [3.05, 3.63) is 57.8 Å². The second-order valence-electron chi connectivity index (χ2n) is 4.58. The van der Waals surface area contributed by atoms with Crippen molar-refractivity contribution in [2.24, 2.45) is 0 Å². The fraction of sp³-hybridized carbons (Fsp3) is 0.267. The van der Waals surface area contributed by atoms with Crippen LogP contribution in [0.3, 0.4) is 0 Å². The van der Waals surface area contributed by atoms with Crippen molar-refractivity contribution in [3.8, 4) is 0 Å². The van der Waals surface area contributed by atoms with Crippen molar-refractivity contribution >= 4 is 17.2 Å². The van der Waals surface area contributed by atoms with Gasteiger partial charge in [0.15, 0.2) is 0 Å². The van der Waals surface area contributed by atoms with Gasteiger partial charge in [0.05, 0.1) is 0 Å². The predicted octanol–water partition coefficient (Wildman–Crippen LogP) is 2.99. The Labute approximate surface area is 111 Å². The van der Waals surface area contributed by atoms with E-state index in [4.69, 9.17) is 0 Å². The largest absolute Gasteiger partial charge is 0.338 e. The molecule has 2 heterocycles. The molecule has 0 saturated heterocycles. The van der Waals surface area contributed by atoms with Crippen molar-refractivity contribution in [2.45, 2.75) is 12.8 Å². The van der Waals surface area contributed by atoms with Gasteiger partial charge in [0, 0.05) is 18.7 Å². The van der Waals surface area contributed by atoms with E-state index in [0.29, 0.717) is 0 Å². The van der Waals surface area contributed by atoms with Crippen LogP contribution in [0, 0.1) is 0 Å². The van der Waals surface area contributed by atoms with E-state index in [-0.39, 0.29) is 5.91 Å². The highest BCUT2D eigenvalue weighted by Gasteiger charge is 2.23. The van der Waals surface area contributed by atoms with Gasteiger partial charge in [-0.1, -0.05) is 18.2 Å². The number of amides is 1. The van der Waals surface area contributed by atoms with Gasteiger partial charge in [-0.2, -0.15) is 11.3 Å².